The Kier molecular flexibility index (Phi) is 3.81. The van der Waals surface area contributed by atoms with Crippen molar-refractivity contribution in [2.45, 2.75) is 33.1 Å². The lowest BCUT2D eigenvalue weighted by Crippen LogP contribution is -2.00. The molecular formula is C12H19NO. The van der Waals surface area contributed by atoms with Crippen LogP contribution >= 0.6 is 0 Å². The third kappa shape index (κ3) is 2.19. The molecule has 0 spiro atoms. The van der Waals surface area contributed by atoms with Gasteiger partial charge in [0.15, 0.2) is 0 Å². The van der Waals surface area contributed by atoms with Crippen molar-refractivity contribution in [1.82, 2.24) is 0 Å². The van der Waals surface area contributed by atoms with Gasteiger partial charge in [0.1, 0.15) is 5.75 Å². The summed E-state index contributed by atoms with van der Waals surface area (Å²) in [6, 6.07) is 3.86. The fourth-order valence-corrected chi connectivity index (χ4v) is 1.66. The topological polar surface area (TPSA) is 35.2 Å². The highest BCUT2D eigenvalue weighted by molar-refractivity contribution is 5.55. The maximum atomic E-state index is 5.93. The van der Waals surface area contributed by atoms with E-state index in [4.69, 9.17) is 10.5 Å². The van der Waals surface area contributed by atoms with Gasteiger partial charge in [-0.05, 0) is 43.0 Å². The molecule has 2 nitrogen and oxygen atoms in total. The summed E-state index contributed by atoms with van der Waals surface area (Å²) in [6.45, 7) is 4.26. The highest BCUT2D eigenvalue weighted by Gasteiger charge is 2.07. The van der Waals surface area contributed by atoms with Gasteiger partial charge in [0.25, 0.3) is 0 Å². The highest BCUT2D eigenvalue weighted by Crippen LogP contribution is 2.27. The lowest BCUT2D eigenvalue weighted by Gasteiger charge is -2.12. The molecule has 1 aromatic rings. The Hall–Kier alpha value is -1.18. The van der Waals surface area contributed by atoms with Crippen LogP contribution in [0.4, 0.5) is 5.69 Å². The van der Waals surface area contributed by atoms with E-state index in [1.165, 1.54) is 24.0 Å². The van der Waals surface area contributed by atoms with Crippen LogP contribution < -0.4 is 10.5 Å². The summed E-state index contributed by atoms with van der Waals surface area (Å²) >= 11 is 0. The summed E-state index contributed by atoms with van der Waals surface area (Å²) in [5, 5.41) is 0. The molecule has 0 aliphatic heterocycles. The second-order valence-corrected chi connectivity index (χ2v) is 3.56. The zero-order valence-electron chi connectivity index (χ0n) is 9.26. The summed E-state index contributed by atoms with van der Waals surface area (Å²) in [6.07, 6.45) is 3.42. The average molecular weight is 193 g/mol. The van der Waals surface area contributed by atoms with Crippen molar-refractivity contribution in [2.75, 3.05) is 12.8 Å². The maximum absolute atomic E-state index is 5.93. The third-order valence-electron chi connectivity index (χ3n) is 2.59. The van der Waals surface area contributed by atoms with E-state index in [2.05, 4.69) is 13.8 Å². The van der Waals surface area contributed by atoms with Gasteiger partial charge < -0.3 is 10.5 Å². The van der Waals surface area contributed by atoms with Crippen LogP contribution in [0, 0.1) is 6.92 Å². The number of nitrogen functional groups attached to an aromatic ring is 1. The number of ether oxygens (including phenoxy) is 1. The van der Waals surface area contributed by atoms with Crippen molar-refractivity contribution in [3.8, 4) is 5.75 Å². The van der Waals surface area contributed by atoms with Gasteiger partial charge in [0.2, 0.25) is 0 Å². The molecule has 1 aromatic carbocycles. The third-order valence-corrected chi connectivity index (χ3v) is 2.59. The number of rotatable bonds is 4. The van der Waals surface area contributed by atoms with Crippen molar-refractivity contribution >= 4 is 5.69 Å². The number of anilines is 1. The molecule has 0 aliphatic rings. The Morgan fingerprint density at radius 1 is 1.36 bits per heavy atom. The summed E-state index contributed by atoms with van der Waals surface area (Å²) in [5.74, 6) is 0.935. The molecule has 0 fully saturated rings. The van der Waals surface area contributed by atoms with E-state index in [1.54, 1.807) is 7.11 Å². The molecule has 0 saturated heterocycles. The fraction of sp³-hybridized carbons (Fsp3) is 0.500. The first-order valence-corrected chi connectivity index (χ1v) is 5.12. The number of methoxy groups -OCH3 is 1. The zero-order chi connectivity index (χ0) is 10.6. The van der Waals surface area contributed by atoms with E-state index >= 15 is 0 Å². The van der Waals surface area contributed by atoms with E-state index < -0.39 is 0 Å². The van der Waals surface area contributed by atoms with Gasteiger partial charge in [0, 0.05) is 5.69 Å². The predicted octanol–water partition coefficient (Wildman–Crippen LogP) is 2.93. The van der Waals surface area contributed by atoms with E-state index in [9.17, 15) is 0 Å². The van der Waals surface area contributed by atoms with E-state index in [-0.39, 0.29) is 0 Å². The first kappa shape index (κ1) is 10.9. The Bertz CT molecular complexity index is 307. The standard InChI is InChI=1S/C12H19NO/c1-4-5-6-10-9(2)12(14-3)8-7-11(10)13/h7-8H,4-6,13H2,1-3H3. The van der Waals surface area contributed by atoms with Gasteiger partial charge in [0.05, 0.1) is 7.11 Å². The second kappa shape index (κ2) is 4.89. The Morgan fingerprint density at radius 2 is 2.07 bits per heavy atom. The maximum Gasteiger partial charge on any atom is 0.122 e. The molecule has 0 bridgehead atoms. The molecule has 2 N–H and O–H groups in total. The molecule has 14 heavy (non-hydrogen) atoms. The van der Waals surface area contributed by atoms with E-state index in [1.807, 2.05) is 12.1 Å². The number of hydrogen-bond acceptors (Lipinski definition) is 2. The van der Waals surface area contributed by atoms with Crippen LogP contribution in [0.1, 0.15) is 30.9 Å². The van der Waals surface area contributed by atoms with Crippen LogP contribution in [0.15, 0.2) is 12.1 Å². The SMILES string of the molecule is CCCCc1c(N)ccc(OC)c1C. The Morgan fingerprint density at radius 3 is 2.64 bits per heavy atom. The summed E-state index contributed by atoms with van der Waals surface area (Å²) in [5.41, 5.74) is 9.24. The van der Waals surface area contributed by atoms with Gasteiger partial charge >= 0.3 is 0 Å². The summed E-state index contributed by atoms with van der Waals surface area (Å²) in [4.78, 5) is 0. The first-order valence-electron chi connectivity index (χ1n) is 5.12. The summed E-state index contributed by atoms with van der Waals surface area (Å²) in [7, 11) is 1.70. The lowest BCUT2D eigenvalue weighted by molar-refractivity contribution is 0.411. The second-order valence-electron chi connectivity index (χ2n) is 3.56. The van der Waals surface area contributed by atoms with Gasteiger partial charge in [-0.15, -0.1) is 0 Å². The molecule has 78 valence electrons. The molecule has 0 aliphatic carbocycles. The lowest BCUT2D eigenvalue weighted by atomic mass is 10.0. The van der Waals surface area contributed by atoms with Gasteiger partial charge in [-0.25, -0.2) is 0 Å². The minimum atomic E-state index is 0.886. The number of benzene rings is 1. The number of hydrogen-bond donors (Lipinski definition) is 1. The van der Waals surface area contributed by atoms with Crippen molar-refractivity contribution in [2.24, 2.45) is 0 Å². The van der Waals surface area contributed by atoms with E-state index in [0.29, 0.717) is 0 Å². The molecule has 0 saturated carbocycles. The fourth-order valence-electron chi connectivity index (χ4n) is 1.66. The monoisotopic (exact) mass is 193 g/mol. The molecule has 0 aromatic heterocycles. The molecule has 0 atom stereocenters. The van der Waals surface area contributed by atoms with Crippen LogP contribution in [-0.4, -0.2) is 7.11 Å². The van der Waals surface area contributed by atoms with Crippen molar-refractivity contribution in [1.29, 1.82) is 0 Å². The smallest absolute Gasteiger partial charge is 0.122 e. The van der Waals surface area contributed by atoms with Gasteiger partial charge in [-0.2, -0.15) is 0 Å². The van der Waals surface area contributed by atoms with Crippen LogP contribution in [0.25, 0.3) is 0 Å². The molecule has 2 heteroatoms. The summed E-state index contributed by atoms with van der Waals surface area (Å²) < 4.78 is 5.27. The largest absolute Gasteiger partial charge is 0.496 e. The molecule has 0 unspecified atom stereocenters. The average Bonchev–Trinajstić information content (AvgIpc) is 2.18. The predicted molar refractivity (Wildman–Crippen MR) is 60.8 cm³/mol. The van der Waals surface area contributed by atoms with Crippen LogP contribution in [0.5, 0.6) is 5.75 Å². The Labute approximate surface area is 86.1 Å². The van der Waals surface area contributed by atoms with Gasteiger partial charge in [-0.1, -0.05) is 13.3 Å². The van der Waals surface area contributed by atoms with Crippen LogP contribution in [0.2, 0.25) is 0 Å². The molecule has 0 amide bonds. The van der Waals surface area contributed by atoms with Crippen molar-refractivity contribution < 1.29 is 4.74 Å². The quantitative estimate of drug-likeness (QED) is 0.746. The molecule has 1 rings (SSSR count). The molecular weight excluding hydrogens is 174 g/mol. The number of unbranched alkanes of at least 4 members (excludes halogenated alkanes) is 1. The highest BCUT2D eigenvalue weighted by atomic mass is 16.5. The number of nitrogens with two attached hydrogens (primary N) is 1. The van der Waals surface area contributed by atoms with E-state index in [0.717, 1.165) is 17.9 Å². The van der Waals surface area contributed by atoms with Crippen molar-refractivity contribution in [3.05, 3.63) is 23.3 Å². The normalized spacial score (nSPS) is 10.2. The van der Waals surface area contributed by atoms with Gasteiger partial charge in [-0.3, -0.25) is 0 Å². The first-order chi connectivity index (χ1) is 6.70. The minimum Gasteiger partial charge on any atom is -0.496 e. The zero-order valence-corrected chi connectivity index (χ0v) is 9.26. The Balaban J connectivity index is 2.99. The minimum absolute atomic E-state index is 0.886. The van der Waals surface area contributed by atoms with Crippen molar-refractivity contribution in [3.63, 3.8) is 0 Å². The van der Waals surface area contributed by atoms with Crippen LogP contribution in [-0.2, 0) is 6.42 Å². The molecule has 0 radical (unpaired) electrons. The van der Waals surface area contributed by atoms with Crippen LogP contribution in [0.3, 0.4) is 0 Å². The molecule has 0 heterocycles.